The monoisotopic (exact) mass is 205 g/mol. The SMILES string of the molecule is CN(C)c1ccc(-c2ncsn2)cc1. The quantitative estimate of drug-likeness (QED) is 0.753. The Bertz CT molecular complexity index is 392. The molecule has 72 valence electrons. The van der Waals surface area contributed by atoms with Crippen LogP contribution in [0.25, 0.3) is 11.4 Å². The number of aromatic nitrogens is 2. The number of hydrogen-bond acceptors (Lipinski definition) is 4. The van der Waals surface area contributed by atoms with Crippen molar-refractivity contribution in [3.63, 3.8) is 0 Å². The summed E-state index contributed by atoms with van der Waals surface area (Å²) < 4.78 is 4.18. The van der Waals surface area contributed by atoms with E-state index in [0.29, 0.717) is 0 Å². The molecule has 0 bridgehead atoms. The van der Waals surface area contributed by atoms with Gasteiger partial charge in [0.2, 0.25) is 0 Å². The molecule has 0 atom stereocenters. The van der Waals surface area contributed by atoms with E-state index in [2.05, 4.69) is 26.4 Å². The number of benzene rings is 1. The van der Waals surface area contributed by atoms with E-state index in [1.807, 2.05) is 26.2 Å². The van der Waals surface area contributed by atoms with Crippen molar-refractivity contribution in [3.05, 3.63) is 29.8 Å². The maximum atomic E-state index is 4.18. The van der Waals surface area contributed by atoms with Gasteiger partial charge in [0.25, 0.3) is 0 Å². The molecule has 0 N–H and O–H groups in total. The molecular formula is C10H11N3S. The topological polar surface area (TPSA) is 29.0 Å². The van der Waals surface area contributed by atoms with E-state index in [-0.39, 0.29) is 0 Å². The molecule has 2 aromatic rings. The van der Waals surface area contributed by atoms with Crippen molar-refractivity contribution in [1.82, 2.24) is 9.36 Å². The Labute approximate surface area is 87.2 Å². The molecular weight excluding hydrogens is 194 g/mol. The second-order valence-electron chi connectivity index (χ2n) is 3.20. The van der Waals surface area contributed by atoms with Gasteiger partial charge in [0.1, 0.15) is 5.51 Å². The minimum absolute atomic E-state index is 0.806. The molecule has 0 aliphatic carbocycles. The van der Waals surface area contributed by atoms with Gasteiger partial charge >= 0.3 is 0 Å². The molecule has 2 rings (SSSR count). The zero-order valence-electron chi connectivity index (χ0n) is 8.14. The van der Waals surface area contributed by atoms with Gasteiger partial charge in [-0.2, -0.15) is 4.37 Å². The molecule has 14 heavy (non-hydrogen) atoms. The second kappa shape index (κ2) is 3.75. The van der Waals surface area contributed by atoms with Gasteiger partial charge in [-0.25, -0.2) is 4.98 Å². The lowest BCUT2D eigenvalue weighted by Crippen LogP contribution is -2.07. The van der Waals surface area contributed by atoms with Crippen LogP contribution in [0, 0.1) is 0 Å². The summed E-state index contributed by atoms with van der Waals surface area (Å²) in [5, 5.41) is 0. The molecule has 0 fully saturated rings. The van der Waals surface area contributed by atoms with E-state index in [0.717, 1.165) is 11.4 Å². The van der Waals surface area contributed by atoms with E-state index in [4.69, 9.17) is 0 Å². The molecule has 0 radical (unpaired) electrons. The molecule has 0 saturated carbocycles. The van der Waals surface area contributed by atoms with Crippen molar-refractivity contribution in [1.29, 1.82) is 0 Å². The van der Waals surface area contributed by atoms with Crippen LogP contribution in [0.5, 0.6) is 0 Å². The molecule has 0 saturated heterocycles. The number of rotatable bonds is 2. The van der Waals surface area contributed by atoms with Crippen LogP contribution >= 0.6 is 11.5 Å². The van der Waals surface area contributed by atoms with Crippen molar-refractivity contribution in [3.8, 4) is 11.4 Å². The van der Waals surface area contributed by atoms with Gasteiger partial charge in [0.05, 0.1) is 0 Å². The van der Waals surface area contributed by atoms with Crippen LogP contribution in [0.4, 0.5) is 5.69 Å². The highest BCUT2D eigenvalue weighted by molar-refractivity contribution is 7.03. The van der Waals surface area contributed by atoms with Gasteiger partial charge in [0.15, 0.2) is 5.82 Å². The van der Waals surface area contributed by atoms with E-state index in [1.165, 1.54) is 17.2 Å². The fourth-order valence-corrected chi connectivity index (χ4v) is 1.65. The molecule has 1 aromatic carbocycles. The minimum Gasteiger partial charge on any atom is -0.378 e. The van der Waals surface area contributed by atoms with Crippen molar-refractivity contribution in [2.75, 3.05) is 19.0 Å². The smallest absolute Gasteiger partial charge is 0.172 e. The molecule has 0 spiro atoms. The highest BCUT2D eigenvalue weighted by atomic mass is 32.1. The zero-order chi connectivity index (χ0) is 9.97. The Balaban J connectivity index is 2.31. The number of anilines is 1. The summed E-state index contributed by atoms with van der Waals surface area (Å²) in [5.74, 6) is 0.806. The molecule has 0 unspecified atom stereocenters. The molecule has 0 aliphatic heterocycles. The highest BCUT2D eigenvalue weighted by Gasteiger charge is 2.01. The summed E-state index contributed by atoms with van der Waals surface area (Å²) in [5.41, 5.74) is 4.00. The highest BCUT2D eigenvalue weighted by Crippen LogP contribution is 2.19. The van der Waals surface area contributed by atoms with Gasteiger partial charge in [-0.05, 0) is 35.8 Å². The normalized spacial score (nSPS) is 10.1. The lowest BCUT2D eigenvalue weighted by Gasteiger charge is -2.11. The summed E-state index contributed by atoms with van der Waals surface area (Å²) in [6.07, 6.45) is 0. The molecule has 1 aromatic heterocycles. The minimum atomic E-state index is 0.806. The third-order valence-electron chi connectivity index (χ3n) is 2.00. The number of nitrogens with zero attached hydrogens (tertiary/aromatic N) is 3. The summed E-state index contributed by atoms with van der Waals surface area (Å²) in [7, 11) is 4.05. The fraction of sp³-hybridized carbons (Fsp3) is 0.200. The Kier molecular flexibility index (Phi) is 2.45. The summed E-state index contributed by atoms with van der Waals surface area (Å²) in [4.78, 5) is 6.22. The lowest BCUT2D eigenvalue weighted by atomic mass is 10.2. The van der Waals surface area contributed by atoms with Crippen molar-refractivity contribution < 1.29 is 0 Å². The van der Waals surface area contributed by atoms with Crippen molar-refractivity contribution in [2.45, 2.75) is 0 Å². The van der Waals surface area contributed by atoms with Gasteiger partial charge in [-0.3, -0.25) is 0 Å². The lowest BCUT2D eigenvalue weighted by molar-refractivity contribution is 1.13. The molecule has 0 aliphatic rings. The van der Waals surface area contributed by atoms with Gasteiger partial charge in [-0.15, -0.1) is 0 Å². The Hall–Kier alpha value is -1.42. The summed E-state index contributed by atoms with van der Waals surface area (Å²) in [6, 6.07) is 8.21. The fourth-order valence-electron chi connectivity index (χ4n) is 1.21. The van der Waals surface area contributed by atoms with Crippen molar-refractivity contribution in [2.24, 2.45) is 0 Å². The third kappa shape index (κ3) is 1.75. The van der Waals surface area contributed by atoms with Crippen molar-refractivity contribution >= 4 is 17.2 Å². The van der Waals surface area contributed by atoms with Crippen LogP contribution in [-0.2, 0) is 0 Å². The average Bonchev–Trinajstić information content (AvgIpc) is 2.71. The molecule has 1 heterocycles. The zero-order valence-corrected chi connectivity index (χ0v) is 8.95. The van der Waals surface area contributed by atoms with Gasteiger partial charge in [-0.1, -0.05) is 0 Å². The van der Waals surface area contributed by atoms with Crippen LogP contribution in [0.2, 0.25) is 0 Å². The van der Waals surface area contributed by atoms with Crippen LogP contribution in [-0.4, -0.2) is 23.5 Å². The van der Waals surface area contributed by atoms with E-state index < -0.39 is 0 Å². The van der Waals surface area contributed by atoms with Gasteiger partial charge < -0.3 is 4.90 Å². The summed E-state index contributed by atoms with van der Waals surface area (Å²) >= 11 is 1.37. The van der Waals surface area contributed by atoms with Gasteiger partial charge in [0, 0.05) is 25.3 Å². The largest absolute Gasteiger partial charge is 0.378 e. The third-order valence-corrected chi connectivity index (χ3v) is 2.48. The first kappa shape index (κ1) is 9.15. The van der Waals surface area contributed by atoms with Crippen LogP contribution in [0.15, 0.2) is 29.8 Å². The maximum Gasteiger partial charge on any atom is 0.172 e. The Morgan fingerprint density at radius 1 is 1.14 bits per heavy atom. The first-order chi connectivity index (χ1) is 6.77. The predicted octanol–water partition coefficient (Wildman–Crippen LogP) is 2.27. The van der Waals surface area contributed by atoms with Crippen LogP contribution in [0.3, 0.4) is 0 Å². The predicted molar refractivity (Wildman–Crippen MR) is 59.7 cm³/mol. The second-order valence-corrected chi connectivity index (χ2v) is 3.80. The van der Waals surface area contributed by atoms with Crippen LogP contribution in [0.1, 0.15) is 0 Å². The number of hydrogen-bond donors (Lipinski definition) is 0. The molecule has 4 heteroatoms. The molecule has 3 nitrogen and oxygen atoms in total. The standard InChI is InChI=1S/C10H11N3S/c1-13(2)9-5-3-8(4-6-9)10-11-7-14-12-10/h3-7H,1-2H3. The van der Waals surface area contributed by atoms with E-state index in [9.17, 15) is 0 Å². The Morgan fingerprint density at radius 3 is 2.36 bits per heavy atom. The van der Waals surface area contributed by atoms with E-state index >= 15 is 0 Å². The Morgan fingerprint density at radius 2 is 1.86 bits per heavy atom. The molecule has 0 amide bonds. The van der Waals surface area contributed by atoms with Crippen LogP contribution < -0.4 is 4.90 Å². The first-order valence-electron chi connectivity index (χ1n) is 4.31. The average molecular weight is 205 g/mol. The first-order valence-corrected chi connectivity index (χ1v) is 5.15. The van der Waals surface area contributed by atoms with E-state index in [1.54, 1.807) is 5.51 Å². The maximum absolute atomic E-state index is 4.18. The summed E-state index contributed by atoms with van der Waals surface area (Å²) in [6.45, 7) is 0.